The van der Waals surface area contributed by atoms with Crippen molar-refractivity contribution in [3.63, 3.8) is 0 Å². The van der Waals surface area contributed by atoms with E-state index in [1.165, 1.54) is 11.4 Å². The maximum Gasteiger partial charge on any atom is 0.246 e. The molecule has 0 unspecified atom stereocenters. The summed E-state index contributed by atoms with van der Waals surface area (Å²) in [6.07, 6.45) is 1.79. The SMILES string of the molecule is CCCCN(CC)S(=O)(=O)c1cc(CN)ccc1OC. The summed E-state index contributed by atoms with van der Waals surface area (Å²) in [6, 6.07) is 5.03. The maximum absolute atomic E-state index is 12.7. The Bertz CT molecular complexity index is 529. The fourth-order valence-electron chi connectivity index (χ4n) is 1.97. The van der Waals surface area contributed by atoms with Crippen LogP contribution in [0.3, 0.4) is 0 Å². The molecule has 1 rings (SSSR count). The number of hydrogen-bond donors (Lipinski definition) is 1. The third-order valence-electron chi connectivity index (χ3n) is 3.20. The van der Waals surface area contributed by atoms with Crippen molar-refractivity contribution in [2.75, 3.05) is 20.2 Å². The summed E-state index contributed by atoms with van der Waals surface area (Å²) in [7, 11) is -2.07. The van der Waals surface area contributed by atoms with Crippen LogP contribution in [0.15, 0.2) is 23.1 Å². The van der Waals surface area contributed by atoms with E-state index in [1.54, 1.807) is 18.2 Å². The molecule has 1 aromatic carbocycles. The zero-order chi connectivity index (χ0) is 15.2. The van der Waals surface area contributed by atoms with E-state index in [4.69, 9.17) is 10.5 Å². The van der Waals surface area contributed by atoms with Crippen LogP contribution in [0, 0.1) is 0 Å². The summed E-state index contributed by atoms with van der Waals surface area (Å²) < 4.78 is 32.1. The first-order valence-corrected chi connectivity index (χ1v) is 8.32. The van der Waals surface area contributed by atoms with Crippen LogP contribution < -0.4 is 10.5 Å². The molecule has 0 aliphatic rings. The van der Waals surface area contributed by atoms with E-state index in [0.717, 1.165) is 18.4 Å². The van der Waals surface area contributed by atoms with Gasteiger partial charge < -0.3 is 10.5 Å². The van der Waals surface area contributed by atoms with Gasteiger partial charge in [0.05, 0.1) is 7.11 Å². The second-order valence-electron chi connectivity index (χ2n) is 4.54. The van der Waals surface area contributed by atoms with Crippen molar-refractivity contribution in [3.05, 3.63) is 23.8 Å². The molecule has 0 aromatic heterocycles. The van der Waals surface area contributed by atoms with Gasteiger partial charge in [0.25, 0.3) is 0 Å². The predicted octanol–water partition coefficient (Wildman–Crippen LogP) is 1.96. The molecule has 0 bridgehead atoms. The van der Waals surface area contributed by atoms with Gasteiger partial charge in [-0.15, -0.1) is 0 Å². The largest absolute Gasteiger partial charge is 0.495 e. The van der Waals surface area contributed by atoms with Crippen molar-refractivity contribution in [2.24, 2.45) is 5.73 Å². The summed E-state index contributed by atoms with van der Waals surface area (Å²) in [4.78, 5) is 0.195. The van der Waals surface area contributed by atoms with Gasteiger partial charge in [-0.1, -0.05) is 26.3 Å². The van der Waals surface area contributed by atoms with Crippen molar-refractivity contribution < 1.29 is 13.2 Å². The highest BCUT2D eigenvalue weighted by Crippen LogP contribution is 2.28. The Morgan fingerprint density at radius 1 is 1.30 bits per heavy atom. The van der Waals surface area contributed by atoms with Gasteiger partial charge in [0.15, 0.2) is 0 Å². The molecule has 0 saturated carbocycles. The molecular formula is C14H24N2O3S. The number of unbranched alkanes of at least 4 members (excludes halogenated alkanes) is 1. The molecule has 0 heterocycles. The van der Waals surface area contributed by atoms with Crippen molar-refractivity contribution in [1.82, 2.24) is 4.31 Å². The maximum atomic E-state index is 12.7. The molecule has 1 aromatic rings. The zero-order valence-electron chi connectivity index (χ0n) is 12.4. The third kappa shape index (κ3) is 3.71. The minimum Gasteiger partial charge on any atom is -0.495 e. The van der Waals surface area contributed by atoms with Gasteiger partial charge in [0.1, 0.15) is 10.6 Å². The van der Waals surface area contributed by atoms with Gasteiger partial charge in [-0.25, -0.2) is 8.42 Å². The van der Waals surface area contributed by atoms with Crippen LogP contribution in [-0.4, -0.2) is 32.9 Å². The highest BCUT2D eigenvalue weighted by molar-refractivity contribution is 7.89. The van der Waals surface area contributed by atoms with Crippen LogP contribution in [0.4, 0.5) is 0 Å². The van der Waals surface area contributed by atoms with Crippen LogP contribution in [0.2, 0.25) is 0 Å². The Kier molecular flexibility index (Phi) is 6.45. The molecule has 0 spiro atoms. The lowest BCUT2D eigenvalue weighted by atomic mass is 10.2. The van der Waals surface area contributed by atoms with Gasteiger partial charge in [-0.3, -0.25) is 0 Å². The van der Waals surface area contributed by atoms with E-state index in [9.17, 15) is 8.42 Å². The Hall–Kier alpha value is -1.11. The number of nitrogens with two attached hydrogens (primary N) is 1. The first kappa shape index (κ1) is 16.9. The zero-order valence-corrected chi connectivity index (χ0v) is 13.2. The van der Waals surface area contributed by atoms with Crippen molar-refractivity contribution >= 4 is 10.0 Å². The van der Waals surface area contributed by atoms with Gasteiger partial charge in [-0.05, 0) is 24.1 Å². The molecule has 0 amide bonds. The van der Waals surface area contributed by atoms with Gasteiger partial charge in [0.2, 0.25) is 10.0 Å². The lowest BCUT2D eigenvalue weighted by Gasteiger charge is -2.22. The number of nitrogens with zero attached hydrogens (tertiary/aromatic N) is 1. The molecule has 2 N–H and O–H groups in total. The molecule has 0 saturated heterocycles. The minimum atomic E-state index is -3.55. The summed E-state index contributed by atoms with van der Waals surface area (Å²) in [5.74, 6) is 0.358. The first-order chi connectivity index (χ1) is 9.51. The van der Waals surface area contributed by atoms with Gasteiger partial charge in [-0.2, -0.15) is 4.31 Å². The number of sulfonamides is 1. The number of rotatable bonds is 8. The Balaban J connectivity index is 3.24. The molecule has 6 heteroatoms. The van der Waals surface area contributed by atoms with E-state index in [2.05, 4.69) is 0 Å². The van der Waals surface area contributed by atoms with Crippen LogP contribution in [0.5, 0.6) is 5.75 Å². The molecule has 0 aliphatic heterocycles. The fraction of sp³-hybridized carbons (Fsp3) is 0.571. The average molecular weight is 300 g/mol. The second kappa shape index (κ2) is 7.61. The Morgan fingerprint density at radius 2 is 2.00 bits per heavy atom. The summed E-state index contributed by atoms with van der Waals surface area (Å²) in [5.41, 5.74) is 6.37. The van der Waals surface area contributed by atoms with Crippen LogP contribution in [0.25, 0.3) is 0 Å². The molecule has 0 atom stereocenters. The standard InChI is InChI=1S/C14H24N2O3S/c1-4-6-9-16(5-2)20(17,18)14-10-12(11-15)7-8-13(14)19-3/h7-8,10H,4-6,9,11,15H2,1-3H3. The molecular weight excluding hydrogens is 276 g/mol. The van der Waals surface area contributed by atoms with E-state index < -0.39 is 10.0 Å². The van der Waals surface area contributed by atoms with E-state index in [1.807, 2.05) is 13.8 Å². The number of hydrogen-bond acceptors (Lipinski definition) is 4. The number of benzene rings is 1. The average Bonchev–Trinajstić information content (AvgIpc) is 2.47. The molecule has 0 radical (unpaired) electrons. The van der Waals surface area contributed by atoms with Crippen LogP contribution in [-0.2, 0) is 16.6 Å². The molecule has 20 heavy (non-hydrogen) atoms. The Morgan fingerprint density at radius 3 is 2.50 bits per heavy atom. The van der Waals surface area contributed by atoms with E-state index >= 15 is 0 Å². The van der Waals surface area contributed by atoms with E-state index in [0.29, 0.717) is 25.4 Å². The van der Waals surface area contributed by atoms with Gasteiger partial charge in [0, 0.05) is 19.6 Å². The normalized spacial score (nSPS) is 11.8. The second-order valence-corrected chi connectivity index (χ2v) is 6.45. The lowest BCUT2D eigenvalue weighted by molar-refractivity contribution is 0.390. The fourth-order valence-corrected chi connectivity index (χ4v) is 3.66. The monoisotopic (exact) mass is 300 g/mol. The van der Waals surface area contributed by atoms with Crippen molar-refractivity contribution in [1.29, 1.82) is 0 Å². The molecule has 0 aliphatic carbocycles. The van der Waals surface area contributed by atoms with Crippen molar-refractivity contribution in [2.45, 2.75) is 38.1 Å². The summed E-state index contributed by atoms with van der Waals surface area (Å²) in [6.45, 7) is 5.14. The summed E-state index contributed by atoms with van der Waals surface area (Å²) >= 11 is 0. The Labute approximate surface area is 121 Å². The van der Waals surface area contributed by atoms with Crippen molar-refractivity contribution in [3.8, 4) is 5.75 Å². The van der Waals surface area contributed by atoms with E-state index in [-0.39, 0.29) is 4.90 Å². The smallest absolute Gasteiger partial charge is 0.246 e. The van der Waals surface area contributed by atoms with Crippen LogP contribution in [0.1, 0.15) is 32.3 Å². The first-order valence-electron chi connectivity index (χ1n) is 6.88. The third-order valence-corrected chi connectivity index (χ3v) is 5.19. The molecule has 114 valence electrons. The quantitative estimate of drug-likeness (QED) is 0.796. The molecule has 0 fully saturated rings. The van der Waals surface area contributed by atoms with Gasteiger partial charge >= 0.3 is 0 Å². The molecule has 5 nitrogen and oxygen atoms in total. The lowest BCUT2D eigenvalue weighted by Crippen LogP contribution is -2.32. The topological polar surface area (TPSA) is 72.6 Å². The van der Waals surface area contributed by atoms with Crippen LogP contribution >= 0.6 is 0 Å². The minimum absolute atomic E-state index is 0.195. The number of methoxy groups -OCH3 is 1. The predicted molar refractivity (Wildman–Crippen MR) is 80.2 cm³/mol. The summed E-state index contributed by atoms with van der Waals surface area (Å²) in [5, 5.41) is 0. The highest BCUT2D eigenvalue weighted by Gasteiger charge is 2.26. The number of ether oxygens (including phenoxy) is 1. The highest BCUT2D eigenvalue weighted by atomic mass is 32.2.